The fraction of sp³-hybridized carbons (Fsp3) is 0.308. The van der Waals surface area contributed by atoms with Crippen LogP contribution in [0, 0.1) is 0 Å². The number of aliphatic carboxylic acids is 1. The van der Waals surface area contributed by atoms with Crippen LogP contribution in [-0.4, -0.2) is 45.0 Å². The molecule has 4 rings (SSSR count). The number of benzene rings is 2. The summed E-state index contributed by atoms with van der Waals surface area (Å²) in [7, 11) is 0. The molecule has 2 amide bonds. The van der Waals surface area contributed by atoms with Gasteiger partial charge < -0.3 is 15.2 Å². The molecule has 1 aromatic heterocycles. The second kappa shape index (κ2) is 10.0. The van der Waals surface area contributed by atoms with E-state index in [1.165, 1.54) is 17.1 Å². The summed E-state index contributed by atoms with van der Waals surface area (Å²) < 4.78 is 6.85. The van der Waals surface area contributed by atoms with Crippen molar-refractivity contribution < 1.29 is 24.2 Å². The van der Waals surface area contributed by atoms with Crippen LogP contribution < -0.4 is 10.6 Å². The third kappa shape index (κ3) is 4.89. The monoisotopic (exact) mass is 476 g/mol. The van der Waals surface area contributed by atoms with Gasteiger partial charge in [0.05, 0.1) is 11.9 Å². The SMILES string of the molecule is CCC(CC)(NC(=O)Cn1cc(NC(=O)OCC2c3ccccc3-c3ccccc32)cn1)C(=O)O. The minimum absolute atomic E-state index is 0.0498. The van der Waals surface area contributed by atoms with E-state index >= 15 is 0 Å². The summed E-state index contributed by atoms with van der Waals surface area (Å²) in [6.45, 7) is 3.42. The Bertz CT molecular complexity index is 1200. The molecule has 0 aliphatic heterocycles. The molecule has 35 heavy (non-hydrogen) atoms. The van der Waals surface area contributed by atoms with Crippen molar-refractivity contribution in [1.82, 2.24) is 15.1 Å². The van der Waals surface area contributed by atoms with Crippen LogP contribution in [0.15, 0.2) is 60.9 Å². The molecule has 0 saturated heterocycles. The van der Waals surface area contributed by atoms with E-state index in [0.29, 0.717) is 5.69 Å². The van der Waals surface area contributed by atoms with Crippen LogP contribution in [0.25, 0.3) is 11.1 Å². The lowest BCUT2D eigenvalue weighted by atomic mass is 9.93. The predicted molar refractivity (Wildman–Crippen MR) is 130 cm³/mol. The number of rotatable bonds is 9. The van der Waals surface area contributed by atoms with Crippen molar-refractivity contribution in [2.24, 2.45) is 0 Å². The second-order valence-electron chi connectivity index (χ2n) is 8.52. The average molecular weight is 477 g/mol. The third-order valence-electron chi connectivity index (χ3n) is 6.52. The molecule has 2 aromatic carbocycles. The van der Waals surface area contributed by atoms with Gasteiger partial charge in [-0.05, 0) is 35.1 Å². The molecule has 9 heteroatoms. The highest BCUT2D eigenvalue weighted by Gasteiger charge is 2.36. The Morgan fingerprint density at radius 3 is 2.20 bits per heavy atom. The molecule has 0 atom stereocenters. The Balaban J connectivity index is 1.34. The van der Waals surface area contributed by atoms with E-state index in [0.717, 1.165) is 22.3 Å². The van der Waals surface area contributed by atoms with Crippen molar-refractivity contribution >= 4 is 23.7 Å². The van der Waals surface area contributed by atoms with Gasteiger partial charge in [0.15, 0.2) is 0 Å². The summed E-state index contributed by atoms with van der Waals surface area (Å²) in [5.41, 5.74) is 3.59. The van der Waals surface area contributed by atoms with Gasteiger partial charge in [0.2, 0.25) is 5.91 Å². The van der Waals surface area contributed by atoms with Gasteiger partial charge in [0, 0.05) is 12.1 Å². The van der Waals surface area contributed by atoms with Crippen LogP contribution in [0.4, 0.5) is 10.5 Å². The van der Waals surface area contributed by atoms with Crippen molar-refractivity contribution in [1.29, 1.82) is 0 Å². The second-order valence-corrected chi connectivity index (χ2v) is 8.52. The number of anilines is 1. The first kappa shape index (κ1) is 24.0. The van der Waals surface area contributed by atoms with Crippen LogP contribution in [0.1, 0.15) is 43.7 Å². The summed E-state index contributed by atoms with van der Waals surface area (Å²) >= 11 is 0. The number of aromatic nitrogens is 2. The molecule has 1 heterocycles. The standard InChI is InChI=1S/C26H28N4O5/c1-3-26(4-2,24(32)33)29-23(31)15-30-14-17(13-27-30)28-25(34)35-16-22-20-11-7-5-9-18(20)19-10-6-8-12-21(19)22/h5-14,22H,3-4,15-16H2,1-2H3,(H,28,34)(H,29,31)(H,32,33). The molecule has 0 fully saturated rings. The number of carboxylic acids is 1. The summed E-state index contributed by atoms with van der Waals surface area (Å²) in [4.78, 5) is 36.4. The molecule has 0 saturated carbocycles. The van der Waals surface area contributed by atoms with Gasteiger partial charge in [-0.2, -0.15) is 5.10 Å². The molecular weight excluding hydrogens is 448 g/mol. The molecule has 0 radical (unpaired) electrons. The fourth-order valence-corrected chi connectivity index (χ4v) is 4.50. The highest BCUT2D eigenvalue weighted by molar-refractivity contribution is 5.87. The topological polar surface area (TPSA) is 123 Å². The van der Waals surface area contributed by atoms with Gasteiger partial charge in [-0.15, -0.1) is 0 Å². The smallest absolute Gasteiger partial charge is 0.411 e. The minimum Gasteiger partial charge on any atom is -0.480 e. The number of hydrogen-bond acceptors (Lipinski definition) is 5. The van der Waals surface area contributed by atoms with Crippen LogP contribution in [0.5, 0.6) is 0 Å². The Hall–Kier alpha value is -4.14. The van der Waals surface area contributed by atoms with E-state index in [-0.39, 0.29) is 31.9 Å². The van der Waals surface area contributed by atoms with Gasteiger partial charge in [-0.3, -0.25) is 14.8 Å². The normalized spacial score (nSPS) is 12.5. The third-order valence-corrected chi connectivity index (χ3v) is 6.52. The maximum Gasteiger partial charge on any atom is 0.411 e. The highest BCUT2D eigenvalue weighted by atomic mass is 16.5. The highest BCUT2D eigenvalue weighted by Crippen LogP contribution is 2.44. The van der Waals surface area contributed by atoms with Gasteiger partial charge in [-0.1, -0.05) is 62.4 Å². The Labute approximate surface area is 203 Å². The van der Waals surface area contributed by atoms with Crippen molar-refractivity contribution in [2.75, 3.05) is 11.9 Å². The van der Waals surface area contributed by atoms with Crippen LogP contribution in [0.3, 0.4) is 0 Å². The van der Waals surface area contributed by atoms with Crippen LogP contribution >= 0.6 is 0 Å². The Morgan fingerprint density at radius 2 is 1.63 bits per heavy atom. The first-order valence-electron chi connectivity index (χ1n) is 11.6. The van der Waals surface area contributed by atoms with E-state index in [9.17, 15) is 19.5 Å². The summed E-state index contributed by atoms with van der Waals surface area (Å²) in [5, 5.41) is 18.8. The fourth-order valence-electron chi connectivity index (χ4n) is 4.50. The Kier molecular flexibility index (Phi) is 6.86. The molecule has 1 aliphatic carbocycles. The lowest BCUT2D eigenvalue weighted by Crippen LogP contribution is -2.54. The number of amides is 2. The first-order chi connectivity index (χ1) is 16.9. The average Bonchev–Trinajstić information content (AvgIpc) is 3.42. The molecule has 0 spiro atoms. The number of nitrogens with one attached hydrogen (secondary N) is 2. The number of carboxylic acid groups (broad SMARTS) is 1. The van der Waals surface area contributed by atoms with Crippen LogP contribution in [0.2, 0.25) is 0 Å². The van der Waals surface area contributed by atoms with Crippen LogP contribution in [-0.2, 0) is 20.9 Å². The zero-order valence-corrected chi connectivity index (χ0v) is 19.7. The van der Waals surface area contributed by atoms with Crippen molar-refractivity contribution in [3.05, 3.63) is 72.1 Å². The zero-order valence-electron chi connectivity index (χ0n) is 19.7. The number of hydrogen-bond donors (Lipinski definition) is 3. The number of nitrogens with zero attached hydrogens (tertiary/aromatic N) is 2. The van der Waals surface area contributed by atoms with Crippen molar-refractivity contribution in [3.63, 3.8) is 0 Å². The Morgan fingerprint density at radius 1 is 1.03 bits per heavy atom. The van der Waals surface area contributed by atoms with E-state index in [1.54, 1.807) is 13.8 Å². The first-order valence-corrected chi connectivity index (χ1v) is 11.6. The maximum atomic E-state index is 12.5. The number of fused-ring (bicyclic) bond motifs is 3. The minimum atomic E-state index is -1.31. The lowest BCUT2D eigenvalue weighted by molar-refractivity contribution is -0.148. The molecule has 9 nitrogen and oxygen atoms in total. The van der Waals surface area contributed by atoms with E-state index in [4.69, 9.17) is 4.74 Å². The predicted octanol–water partition coefficient (Wildman–Crippen LogP) is 4.00. The molecule has 182 valence electrons. The van der Waals surface area contributed by atoms with E-state index in [2.05, 4.69) is 27.9 Å². The summed E-state index contributed by atoms with van der Waals surface area (Å²) in [6.07, 6.45) is 2.79. The zero-order chi connectivity index (χ0) is 25.0. The largest absolute Gasteiger partial charge is 0.480 e. The summed E-state index contributed by atoms with van der Waals surface area (Å²) in [5.74, 6) is -1.60. The molecule has 3 aromatic rings. The van der Waals surface area contributed by atoms with Gasteiger partial charge in [-0.25, -0.2) is 9.59 Å². The van der Waals surface area contributed by atoms with Crippen molar-refractivity contribution in [2.45, 2.75) is 44.7 Å². The molecular formula is C26H28N4O5. The molecule has 1 aliphatic rings. The molecule has 0 bridgehead atoms. The van der Waals surface area contributed by atoms with Gasteiger partial charge in [0.25, 0.3) is 0 Å². The quantitative estimate of drug-likeness (QED) is 0.429. The lowest BCUT2D eigenvalue weighted by Gasteiger charge is -2.27. The van der Waals surface area contributed by atoms with E-state index < -0.39 is 23.5 Å². The summed E-state index contributed by atoms with van der Waals surface area (Å²) in [6, 6.07) is 16.2. The van der Waals surface area contributed by atoms with Gasteiger partial charge in [0.1, 0.15) is 18.7 Å². The van der Waals surface area contributed by atoms with Gasteiger partial charge >= 0.3 is 12.1 Å². The molecule has 3 N–H and O–H groups in total. The van der Waals surface area contributed by atoms with Crippen molar-refractivity contribution in [3.8, 4) is 11.1 Å². The number of ether oxygens (including phenoxy) is 1. The van der Waals surface area contributed by atoms with E-state index in [1.807, 2.05) is 36.4 Å². The number of carbonyl (C=O) groups is 3. The number of carbonyl (C=O) groups excluding carboxylic acids is 2. The maximum absolute atomic E-state index is 12.5. The molecule has 0 unspecified atom stereocenters.